The normalized spacial score (nSPS) is 10.5. The van der Waals surface area contributed by atoms with Crippen molar-refractivity contribution in [2.45, 2.75) is 0 Å². The number of rotatable bonds is 3. The predicted molar refractivity (Wildman–Crippen MR) is 67.2 cm³/mol. The van der Waals surface area contributed by atoms with Gasteiger partial charge in [-0.3, -0.25) is 4.79 Å². The second kappa shape index (κ2) is 4.71. The van der Waals surface area contributed by atoms with Gasteiger partial charge in [0.05, 0.1) is 12.4 Å². The highest BCUT2D eigenvalue weighted by molar-refractivity contribution is 9.09. The Labute approximate surface area is 105 Å². The van der Waals surface area contributed by atoms with E-state index in [1.807, 2.05) is 0 Å². The molecular weight excluding hydrogens is 288 g/mol. The summed E-state index contributed by atoms with van der Waals surface area (Å²) in [5.41, 5.74) is -0.171. The van der Waals surface area contributed by atoms with Crippen LogP contribution in [0.25, 0.3) is 11.0 Å². The highest BCUT2D eigenvalue weighted by Gasteiger charge is 2.12. The summed E-state index contributed by atoms with van der Waals surface area (Å²) >= 11 is 3.02. The van der Waals surface area contributed by atoms with E-state index < -0.39 is 5.63 Å². The molecule has 88 valence electrons. The van der Waals surface area contributed by atoms with Crippen molar-refractivity contribution in [2.75, 3.05) is 12.4 Å². The molecule has 0 radical (unpaired) electrons. The van der Waals surface area contributed by atoms with Crippen LogP contribution in [0.2, 0.25) is 0 Å². The first-order valence-corrected chi connectivity index (χ1v) is 5.99. The number of carbonyl (C=O) groups excluding carboxylic acids is 1. The number of halogens is 1. The lowest BCUT2D eigenvalue weighted by Crippen LogP contribution is -2.14. The van der Waals surface area contributed by atoms with Crippen LogP contribution in [0.15, 0.2) is 33.5 Å². The average Bonchev–Trinajstić information content (AvgIpc) is 2.36. The summed E-state index contributed by atoms with van der Waals surface area (Å²) in [4.78, 5) is 23.1. The van der Waals surface area contributed by atoms with Gasteiger partial charge in [-0.15, -0.1) is 0 Å². The largest absolute Gasteiger partial charge is 0.497 e. The minimum atomic E-state index is -0.629. The summed E-state index contributed by atoms with van der Waals surface area (Å²) in [6, 6.07) is 6.62. The Bertz CT molecular complexity index is 630. The van der Waals surface area contributed by atoms with Crippen molar-refractivity contribution in [3.8, 4) is 5.75 Å². The molecule has 2 rings (SSSR count). The van der Waals surface area contributed by atoms with Gasteiger partial charge in [0.1, 0.15) is 16.9 Å². The van der Waals surface area contributed by atoms with E-state index in [-0.39, 0.29) is 16.7 Å². The Balaban J connectivity index is 2.66. The van der Waals surface area contributed by atoms with E-state index in [4.69, 9.17) is 9.15 Å². The van der Waals surface area contributed by atoms with Gasteiger partial charge in [0, 0.05) is 11.5 Å². The second-order valence-electron chi connectivity index (χ2n) is 3.41. The fourth-order valence-electron chi connectivity index (χ4n) is 1.48. The van der Waals surface area contributed by atoms with Crippen LogP contribution >= 0.6 is 15.9 Å². The van der Waals surface area contributed by atoms with Gasteiger partial charge in [-0.1, -0.05) is 15.9 Å². The van der Waals surface area contributed by atoms with Crippen molar-refractivity contribution in [1.82, 2.24) is 0 Å². The molecule has 0 atom stereocenters. The van der Waals surface area contributed by atoms with Gasteiger partial charge in [0.2, 0.25) is 0 Å². The molecule has 0 fully saturated rings. The third-order valence-corrected chi connectivity index (χ3v) is 2.87. The Morgan fingerprint density at radius 2 is 2.18 bits per heavy atom. The molecular formula is C12H9BrO4. The number of Topliss-reactive ketones (excluding diaryl/α,β-unsaturated/α-hetero) is 1. The molecule has 0 aliphatic carbocycles. The van der Waals surface area contributed by atoms with Crippen LogP contribution in [0.5, 0.6) is 5.75 Å². The highest BCUT2D eigenvalue weighted by Crippen LogP contribution is 2.20. The van der Waals surface area contributed by atoms with Crippen LogP contribution in [0.4, 0.5) is 0 Å². The average molecular weight is 297 g/mol. The monoisotopic (exact) mass is 296 g/mol. The zero-order chi connectivity index (χ0) is 12.4. The lowest BCUT2D eigenvalue weighted by molar-refractivity contribution is 0.102. The number of hydrogen-bond acceptors (Lipinski definition) is 4. The van der Waals surface area contributed by atoms with E-state index in [0.717, 1.165) is 0 Å². The van der Waals surface area contributed by atoms with Gasteiger partial charge >= 0.3 is 5.63 Å². The van der Waals surface area contributed by atoms with E-state index in [9.17, 15) is 9.59 Å². The lowest BCUT2D eigenvalue weighted by atomic mass is 10.1. The molecule has 0 saturated heterocycles. The lowest BCUT2D eigenvalue weighted by Gasteiger charge is -2.02. The summed E-state index contributed by atoms with van der Waals surface area (Å²) in [5, 5.41) is 0.786. The molecule has 0 bridgehead atoms. The predicted octanol–water partition coefficient (Wildman–Crippen LogP) is 2.38. The Kier molecular flexibility index (Phi) is 3.28. The number of ether oxygens (including phenoxy) is 1. The third kappa shape index (κ3) is 2.24. The van der Waals surface area contributed by atoms with Crippen LogP contribution in [-0.2, 0) is 0 Å². The SMILES string of the molecule is COc1ccc2cc(C(=O)CBr)c(=O)oc2c1. The van der Waals surface area contributed by atoms with Crippen LogP contribution in [0.3, 0.4) is 0 Å². The van der Waals surface area contributed by atoms with Crippen LogP contribution in [0.1, 0.15) is 10.4 Å². The maximum absolute atomic E-state index is 11.6. The fourth-order valence-corrected chi connectivity index (χ4v) is 1.79. The topological polar surface area (TPSA) is 56.5 Å². The number of alkyl halides is 1. The maximum atomic E-state index is 11.6. The van der Waals surface area contributed by atoms with E-state index in [2.05, 4.69) is 15.9 Å². The fraction of sp³-hybridized carbons (Fsp3) is 0.167. The standard InChI is InChI=1S/C12H9BrO4/c1-16-8-3-2-7-4-9(10(14)6-13)12(15)17-11(7)5-8/h2-5H,6H2,1H3. The zero-order valence-corrected chi connectivity index (χ0v) is 10.6. The van der Waals surface area contributed by atoms with Gasteiger partial charge in [0.25, 0.3) is 0 Å². The first kappa shape index (κ1) is 11.9. The molecule has 2 aromatic rings. The molecule has 0 spiro atoms. The molecule has 0 saturated carbocycles. The van der Waals surface area contributed by atoms with Gasteiger partial charge in [-0.05, 0) is 18.2 Å². The smallest absolute Gasteiger partial charge is 0.347 e. The Morgan fingerprint density at radius 1 is 1.41 bits per heavy atom. The van der Waals surface area contributed by atoms with E-state index >= 15 is 0 Å². The molecule has 1 aromatic carbocycles. The Morgan fingerprint density at radius 3 is 2.82 bits per heavy atom. The van der Waals surface area contributed by atoms with E-state index in [1.165, 1.54) is 13.2 Å². The first-order valence-electron chi connectivity index (χ1n) is 4.87. The van der Waals surface area contributed by atoms with Gasteiger partial charge in [-0.2, -0.15) is 0 Å². The van der Waals surface area contributed by atoms with Crippen molar-refractivity contribution in [1.29, 1.82) is 0 Å². The van der Waals surface area contributed by atoms with Crippen molar-refractivity contribution in [3.05, 3.63) is 40.2 Å². The molecule has 0 aliphatic heterocycles. The zero-order valence-electron chi connectivity index (χ0n) is 9.03. The number of carbonyl (C=O) groups is 1. The summed E-state index contributed by atoms with van der Waals surface area (Å²) in [6.45, 7) is 0. The molecule has 0 amide bonds. The number of methoxy groups -OCH3 is 1. The van der Waals surface area contributed by atoms with Crippen LogP contribution in [0, 0.1) is 0 Å². The van der Waals surface area contributed by atoms with E-state index in [1.54, 1.807) is 18.2 Å². The van der Waals surface area contributed by atoms with Crippen molar-refractivity contribution >= 4 is 32.7 Å². The molecule has 1 aromatic heterocycles. The molecule has 17 heavy (non-hydrogen) atoms. The molecule has 0 N–H and O–H groups in total. The number of hydrogen-bond donors (Lipinski definition) is 0. The van der Waals surface area contributed by atoms with E-state index in [0.29, 0.717) is 16.7 Å². The number of benzene rings is 1. The summed E-state index contributed by atoms with van der Waals surface area (Å²) < 4.78 is 10.1. The summed E-state index contributed by atoms with van der Waals surface area (Å²) in [5.74, 6) is 0.302. The van der Waals surface area contributed by atoms with Crippen molar-refractivity contribution < 1.29 is 13.9 Å². The molecule has 4 nitrogen and oxygen atoms in total. The molecule has 1 heterocycles. The minimum Gasteiger partial charge on any atom is -0.497 e. The minimum absolute atomic E-state index is 0.0551. The van der Waals surface area contributed by atoms with Gasteiger partial charge < -0.3 is 9.15 Å². The van der Waals surface area contributed by atoms with Crippen LogP contribution in [-0.4, -0.2) is 18.2 Å². The van der Waals surface area contributed by atoms with Crippen molar-refractivity contribution in [2.24, 2.45) is 0 Å². The number of ketones is 1. The molecule has 0 aliphatic rings. The number of fused-ring (bicyclic) bond motifs is 1. The maximum Gasteiger partial charge on any atom is 0.347 e. The highest BCUT2D eigenvalue weighted by atomic mass is 79.9. The molecule has 0 unspecified atom stereocenters. The quantitative estimate of drug-likeness (QED) is 0.496. The third-order valence-electron chi connectivity index (χ3n) is 2.36. The second-order valence-corrected chi connectivity index (χ2v) is 3.97. The van der Waals surface area contributed by atoms with Gasteiger partial charge in [0.15, 0.2) is 5.78 Å². The summed E-state index contributed by atoms with van der Waals surface area (Å²) in [6.07, 6.45) is 0. The molecule has 5 heteroatoms. The Hall–Kier alpha value is -1.62. The van der Waals surface area contributed by atoms with Gasteiger partial charge in [-0.25, -0.2) is 4.79 Å². The first-order chi connectivity index (χ1) is 8.15. The van der Waals surface area contributed by atoms with Crippen molar-refractivity contribution in [3.63, 3.8) is 0 Å². The summed E-state index contributed by atoms with van der Waals surface area (Å²) in [7, 11) is 1.53. The van der Waals surface area contributed by atoms with Crippen LogP contribution < -0.4 is 10.4 Å².